The molecule has 0 saturated heterocycles. The van der Waals surface area contributed by atoms with Gasteiger partial charge in [0.15, 0.2) is 0 Å². The summed E-state index contributed by atoms with van der Waals surface area (Å²) >= 11 is 0. The lowest BCUT2D eigenvalue weighted by Crippen LogP contribution is -2.39. The molecule has 0 aliphatic carbocycles. The minimum Gasteiger partial charge on any atom is -0.383 e. The number of anilines is 1. The highest BCUT2D eigenvalue weighted by atomic mass is 16.6. The Hall–Kier alpha value is -1.62. The standard InChI is InChI=1S/C11H17N3O2/c1-8-9(13-7-11(2,3)12)5-4-6-10(8)14(15)16/h4-6,13H,7,12H2,1-3H3. The van der Waals surface area contributed by atoms with Crippen LogP contribution in [0.25, 0.3) is 0 Å². The van der Waals surface area contributed by atoms with E-state index in [9.17, 15) is 10.1 Å². The first kappa shape index (κ1) is 12.4. The topological polar surface area (TPSA) is 81.2 Å². The highest BCUT2D eigenvalue weighted by Gasteiger charge is 2.15. The molecule has 0 amide bonds. The average molecular weight is 223 g/mol. The second kappa shape index (κ2) is 4.49. The van der Waals surface area contributed by atoms with Gasteiger partial charge in [-0.25, -0.2) is 0 Å². The van der Waals surface area contributed by atoms with Gasteiger partial charge in [-0.15, -0.1) is 0 Å². The number of nitro groups is 1. The fraction of sp³-hybridized carbons (Fsp3) is 0.455. The van der Waals surface area contributed by atoms with Gasteiger partial charge >= 0.3 is 0 Å². The minimum atomic E-state index is -0.381. The van der Waals surface area contributed by atoms with E-state index in [2.05, 4.69) is 5.32 Å². The van der Waals surface area contributed by atoms with Crippen molar-refractivity contribution < 1.29 is 4.92 Å². The van der Waals surface area contributed by atoms with E-state index in [1.165, 1.54) is 6.07 Å². The van der Waals surface area contributed by atoms with Gasteiger partial charge in [0.1, 0.15) is 0 Å². The van der Waals surface area contributed by atoms with Crippen LogP contribution in [0.2, 0.25) is 0 Å². The van der Waals surface area contributed by atoms with E-state index in [1.54, 1.807) is 13.0 Å². The number of nitrogens with zero attached hydrogens (tertiary/aromatic N) is 1. The van der Waals surface area contributed by atoms with Gasteiger partial charge in [0.05, 0.1) is 4.92 Å². The number of rotatable bonds is 4. The van der Waals surface area contributed by atoms with Crippen molar-refractivity contribution in [2.45, 2.75) is 26.3 Å². The highest BCUT2D eigenvalue weighted by Crippen LogP contribution is 2.25. The van der Waals surface area contributed by atoms with Crippen LogP contribution in [0, 0.1) is 17.0 Å². The molecule has 5 nitrogen and oxygen atoms in total. The lowest BCUT2D eigenvalue weighted by molar-refractivity contribution is -0.385. The quantitative estimate of drug-likeness (QED) is 0.604. The average Bonchev–Trinajstić information content (AvgIpc) is 2.14. The molecule has 1 aromatic carbocycles. The zero-order valence-electron chi connectivity index (χ0n) is 9.78. The molecule has 3 N–H and O–H groups in total. The molecule has 0 radical (unpaired) electrons. The summed E-state index contributed by atoms with van der Waals surface area (Å²) in [6.07, 6.45) is 0. The molecule has 0 bridgehead atoms. The van der Waals surface area contributed by atoms with Crippen LogP contribution < -0.4 is 11.1 Å². The van der Waals surface area contributed by atoms with Crippen LogP contribution in [-0.2, 0) is 0 Å². The Morgan fingerprint density at radius 1 is 1.50 bits per heavy atom. The molecule has 5 heteroatoms. The monoisotopic (exact) mass is 223 g/mol. The second-order valence-electron chi connectivity index (χ2n) is 4.55. The van der Waals surface area contributed by atoms with Crippen LogP contribution in [0.4, 0.5) is 11.4 Å². The molecule has 0 fully saturated rings. The first-order chi connectivity index (χ1) is 7.31. The van der Waals surface area contributed by atoms with Crippen LogP contribution in [-0.4, -0.2) is 17.0 Å². The highest BCUT2D eigenvalue weighted by molar-refractivity contribution is 5.59. The van der Waals surface area contributed by atoms with Crippen molar-refractivity contribution in [3.05, 3.63) is 33.9 Å². The normalized spacial score (nSPS) is 11.2. The lowest BCUT2D eigenvalue weighted by Gasteiger charge is -2.20. The second-order valence-corrected chi connectivity index (χ2v) is 4.55. The van der Waals surface area contributed by atoms with Crippen LogP contribution in [0.15, 0.2) is 18.2 Å². The summed E-state index contributed by atoms with van der Waals surface area (Å²) in [5.74, 6) is 0. The predicted molar refractivity (Wildman–Crippen MR) is 64.6 cm³/mol. The third-order valence-electron chi connectivity index (χ3n) is 2.24. The van der Waals surface area contributed by atoms with Gasteiger partial charge < -0.3 is 11.1 Å². The molecule has 0 aromatic heterocycles. The predicted octanol–water partition coefficient (Wildman–Crippen LogP) is 2.05. The lowest BCUT2D eigenvalue weighted by atomic mass is 10.1. The number of nitrogens with one attached hydrogen (secondary N) is 1. The largest absolute Gasteiger partial charge is 0.383 e. The molecule has 0 unspecified atom stereocenters. The Kier molecular flexibility index (Phi) is 3.49. The van der Waals surface area contributed by atoms with E-state index in [-0.39, 0.29) is 16.1 Å². The Bertz CT molecular complexity index is 397. The minimum absolute atomic E-state index is 0.125. The molecular weight excluding hydrogens is 206 g/mol. The van der Waals surface area contributed by atoms with Crippen molar-refractivity contribution >= 4 is 11.4 Å². The number of nitro benzene ring substituents is 1. The van der Waals surface area contributed by atoms with E-state index in [0.29, 0.717) is 12.1 Å². The van der Waals surface area contributed by atoms with Gasteiger partial charge in [0.2, 0.25) is 0 Å². The molecule has 1 aromatic rings. The number of nitrogens with two attached hydrogens (primary N) is 1. The summed E-state index contributed by atoms with van der Waals surface area (Å²) in [6, 6.07) is 4.97. The molecule has 16 heavy (non-hydrogen) atoms. The van der Waals surface area contributed by atoms with Gasteiger partial charge in [-0.3, -0.25) is 10.1 Å². The van der Waals surface area contributed by atoms with Crippen LogP contribution in [0.3, 0.4) is 0 Å². The van der Waals surface area contributed by atoms with Crippen molar-refractivity contribution in [2.24, 2.45) is 5.73 Å². The van der Waals surface area contributed by atoms with E-state index in [4.69, 9.17) is 5.73 Å². The van der Waals surface area contributed by atoms with Crippen molar-refractivity contribution in [1.82, 2.24) is 0 Å². The first-order valence-corrected chi connectivity index (χ1v) is 5.08. The van der Waals surface area contributed by atoms with Crippen molar-refractivity contribution in [1.29, 1.82) is 0 Å². The van der Waals surface area contributed by atoms with Crippen molar-refractivity contribution in [3.63, 3.8) is 0 Å². The Balaban J connectivity index is 2.90. The molecule has 0 aliphatic heterocycles. The van der Waals surface area contributed by atoms with Crippen molar-refractivity contribution in [3.8, 4) is 0 Å². The van der Waals surface area contributed by atoms with Gasteiger partial charge in [-0.2, -0.15) is 0 Å². The smallest absolute Gasteiger partial charge is 0.274 e. The van der Waals surface area contributed by atoms with E-state index < -0.39 is 0 Å². The molecule has 0 saturated carbocycles. The Morgan fingerprint density at radius 3 is 2.62 bits per heavy atom. The third-order valence-corrected chi connectivity index (χ3v) is 2.24. The van der Waals surface area contributed by atoms with Crippen LogP contribution in [0.5, 0.6) is 0 Å². The molecule has 0 spiro atoms. The molecule has 0 atom stereocenters. The molecule has 0 aliphatic rings. The molecule has 88 valence electrons. The van der Waals surface area contributed by atoms with E-state index in [1.807, 2.05) is 19.9 Å². The summed E-state index contributed by atoms with van der Waals surface area (Å²) in [5, 5.41) is 13.8. The van der Waals surface area contributed by atoms with Gasteiger partial charge in [-0.05, 0) is 26.8 Å². The summed E-state index contributed by atoms with van der Waals surface area (Å²) in [4.78, 5) is 10.3. The SMILES string of the molecule is Cc1c(NCC(C)(C)N)cccc1[N+](=O)[O-]. The maximum atomic E-state index is 10.7. The first-order valence-electron chi connectivity index (χ1n) is 5.08. The molecular formula is C11H17N3O2. The zero-order valence-corrected chi connectivity index (χ0v) is 9.78. The van der Waals surface area contributed by atoms with E-state index in [0.717, 1.165) is 5.69 Å². The maximum absolute atomic E-state index is 10.7. The maximum Gasteiger partial charge on any atom is 0.274 e. The Labute approximate surface area is 94.8 Å². The van der Waals surface area contributed by atoms with Crippen molar-refractivity contribution in [2.75, 3.05) is 11.9 Å². The third kappa shape index (κ3) is 3.20. The summed E-state index contributed by atoms with van der Waals surface area (Å²) < 4.78 is 0. The van der Waals surface area contributed by atoms with Gasteiger partial charge in [0.25, 0.3) is 5.69 Å². The number of hydrogen-bond acceptors (Lipinski definition) is 4. The molecule has 1 rings (SSSR count). The van der Waals surface area contributed by atoms with Crippen LogP contribution in [0.1, 0.15) is 19.4 Å². The number of benzene rings is 1. The van der Waals surface area contributed by atoms with E-state index >= 15 is 0 Å². The van der Waals surface area contributed by atoms with Crippen LogP contribution >= 0.6 is 0 Å². The molecule has 0 heterocycles. The fourth-order valence-corrected chi connectivity index (χ4v) is 1.34. The fourth-order valence-electron chi connectivity index (χ4n) is 1.34. The van der Waals surface area contributed by atoms with Gasteiger partial charge in [-0.1, -0.05) is 6.07 Å². The summed E-state index contributed by atoms with van der Waals surface area (Å²) in [7, 11) is 0. The summed E-state index contributed by atoms with van der Waals surface area (Å²) in [6.45, 7) is 6.08. The Morgan fingerprint density at radius 2 is 2.12 bits per heavy atom. The number of hydrogen-bond donors (Lipinski definition) is 2. The summed E-state index contributed by atoms with van der Waals surface area (Å²) in [5.41, 5.74) is 7.00. The van der Waals surface area contributed by atoms with Gasteiger partial charge in [0, 0.05) is 29.4 Å². The zero-order chi connectivity index (χ0) is 12.3.